The number of methoxy groups -OCH3 is 1. The molecule has 0 bridgehead atoms. The van der Waals surface area contributed by atoms with E-state index in [1.54, 1.807) is 7.11 Å². The van der Waals surface area contributed by atoms with Crippen molar-refractivity contribution < 1.29 is 9.47 Å². The van der Waals surface area contributed by atoms with Crippen molar-refractivity contribution in [3.63, 3.8) is 0 Å². The second-order valence-electron chi connectivity index (χ2n) is 3.80. The van der Waals surface area contributed by atoms with Gasteiger partial charge in [0.2, 0.25) is 0 Å². The Morgan fingerprint density at radius 1 is 1.27 bits per heavy atom. The number of benzene rings is 1. The van der Waals surface area contributed by atoms with Gasteiger partial charge >= 0.3 is 0 Å². The first-order valence-electron chi connectivity index (χ1n) is 5.21. The van der Waals surface area contributed by atoms with E-state index >= 15 is 0 Å². The molecular weight excluding hydrogens is 188 g/mol. The molecule has 2 atom stereocenters. The molecule has 0 amide bonds. The highest BCUT2D eigenvalue weighted by Gasteiger charge is 2.18. The Hall–Kier alpha value is -1.12. The van der Waals surface area contributed by atoms with Crippen molar-refractivity contribution >= 4 is 0 Å². The molecule has 2 unspecified atom stereocenters. The van der Waals surface area contributed by atoms with E-state index in [-0.39, 0.29) is 12.4 Å². The minimum Gasteiger partial charge on any atom is -0.352 e. The third kappa shape index (κ3) is 2.46. The summed E-state index contributed by atoms with van der Waals surface area (Å²) in [5.41, 5.74) is 2.49. The van der Waals surface area contributed by atoms with Gasteiger partial charge in [0, 0.05) is 7.11 Å². The van der Waals surface area contributed by atoms with Gasteiger partial charge in [-0.15, -0.1) is 0 Å². The Morgan fingerprint density at radius 2 is 2.00 bits per heavy atom. The highest BCUT2D eigenvalue weighted by Crippen LogP contribution is 2.27. The molecule has 0 saturated carbocycles. The van der Waals surface area contributed by atoms with Crippen LogP contribution in [0.2, 0.25) is 0 Å². The fourth-order valence-corrected chi connectivity index (χ4v) is 1.71. The first-order chi connectivity index (χ1) is 7.29. The van der Waals surface area contributed by atoms with Crippen LogP contribution in [-0.2, 0) is 9.47 Å². The second-order valence-corrected chi connectivity index (χ2v) is 3.80. The molecule has 2 rings (SSSR count). The molecule has 0 fully saturated rings. The Morgan fingerprint density at radius 3 is 2.67 bits per heavy atom. The molecular formula is C13H16O2. The summed E-state index contributed by atoms with van der Waals surface area (Å²) >= 11 is 0. The van der Waals surface area contributed by atoms with E-state index in [1.807, 2.05) is 6.08 Å². The maximum absolute atomic E-state index is 5.75. The Labute approximate surface area is 90.5 Å². The summed E-state index contributed by atoms with van der Waals surface area (Å²) in [5.74, 6) is 0. The van der Waals surface area contributed by atoms with Crippen LogP contribution in [0.25, 0.3) is 0 Å². The summed E-state index contributed by atoms with van der Waals surface area (Å²) in [6.07, 6.45) is 4.90. The van der Waals surface area contributed by atoms with Crippen molar-refractivity contribution in [2.24, 2.45) is 0 Å². The number of rotatable bonds is 2. The van der Waals surface area contributed by atoms with Gasteiger partial charge in [-0.3, -0.25) is 0 Å². The lowest BCUT2D eigenvalue weighted by atomic mass is 10.0. The zero-order valence-electron chi connectivity index (χ0n) is 9.14. The predicted molar refractivity (Wildman–Crippen MR) is 59.6 cm³/mol. The van der Waals surface area contributed by atoms with Crippen LogP contribution in [0.4, 0.5) is 0 Å². The lowest BCUT2D eigenvalue weighted by Crippen LogP contribution is -2.19. The average Bonchev–Trinajstić information content (AvgIpc) is 2.30. The molecule has 1 aromatic carbocycles. The molecule has 1 aromatic rings. The van der Waals surface area contributed by atoms with Crippen LogP contribution in [-0.4, -0.2) is 13.4 Å². The zero-order chi connectivity index (χ0) is 10.7. The molecule has 1 aliphatic rings. The summed E-state index contributed by atoms with van der Waals surface area (Å²) < 4.78 is 10.9. The van der Waals surface area contributed by atoms with Crippen molar-refractivity contribution in [1.29, 1.82) is 0 Å². The second kappa shape index (κ2) is 4.60. The van der Waals surface area contributed by atoms with E-state index < -0.39 is 0 Å². The van der Waals surface area contributed by atoms with Crippen LogP contribution < -0.4 is 0 Å². The monoisotopic (exact) mass is 204 g/mol. The van der Waals surface area contributed by atoms with Crippen molar-refractivity contribution in [3.05, 3.63) is 47.5 Å². The van der Waals surface area contributed by atoms with Crippen molar-refractivity contribution in [3.8, 4) is 0 Å². The van der Waals surface area contributed by atoms with E-state index in [0.717, 1.165) is 6.42 Å². The summed E-state index contributed by atoms with van der Waals surface area (Å²) in [5, 5.41) is 0. The summed E-state index contributed by atoms with van der Waals surface area (Å²) in [6.45, 7) is 2.09. The molecule has 0 N–H and O–H groups in total. The standard InChI is InChI=1S/C13H16O2/c1-10-6-8-11(9-7-10)12-4-3-5-13(14-2)15-12/h3,5-9,12-13H,4H2,1-2H3. The highest BCUT2D eigenvalue weighted by molar-refractivity contribution is 5.24. The van der Waals surface area contributed by atoms with Gasteiger partial charge in [-0.2, -0.15) is 0 Å². The van der Waals surface area contributed by atoms with E-state index in [1.165, 1.54) is 11.1 Å². The van der Waals surface area contributed by atoms with Crippen molar-refractivity contribution in [2.45, 2.75) is 25.7 Å². The molecule has 2 nitrogen and oxygen atoms in total. The predicted octanol–water partition coefficient (Wildman–Crippen LogP) is 2.99. The third-order valence-corrected chi connectivity index (χ3v) is 2.62. The van der Waals surface area contributed by atoms with E-state index in [9.17, 15) is 0 Å². The largest absolute Gasteiger partial charge is 0.352 e. The SMILES string of the molecule is COC1C=CCC(c2ccc(C)cc2)O1. The van der Waals surface area contributed by atoms with Crippen LogP contribution in [0, 0.1) is 6.92 Å². The first kappa shape index (κ1) is 10.4. The Kier molecular flexibility index (Phi) is 3.19. The number of aryl methyl sites for hydroxylation is 1. The molecule has 0 aliphatic carbocycles. The van der Waals surface area contributed by atoms with Gasteiger partial charge < -0.3 is 9.47 Å². The van der Waals surface area contributed by atoms with Crippen LogP contribution in [0.15, 0.2) is 36.4 Å². The van der Waals surface area contributed by atoms with Gasteiger partial charge in [-0.25, -0.2) is 0 Å². The maximum atomic E-state index is 5.75. The van der Waals surface area contributed by atoms with Crippen molar-refractivity contribution in [2.75, 3.05) is 7.11 Å². The zero-order valence-corrected chi connectivity index (χ0v) is 9.14. The molecule has 0 spiro atoms. The maximum Gasteiger partial charge on any atom is 0.177 e. The highest BCUT2D eigenvalue weighted by atomic mass is 16.7. The van der Waals surface area contributed by atoms with E-state index in [2.05, 4.69) is 37.3 Å². The lowest BCUT2D eigenvalue weighted by Gasteiger charge is -2.25. The van der Waals surface area contributed by atoms with Gasteiger partial charge in [0.1, 0.15) is 0 Å². The minimum atomic E-state index is -0.204. The molecule has 2 heteroatoms. The van der Waals surface area contributed by atoms with Gasteiger partial charge in [-0.1, -0.05) is 35.9 Å². The minimum absolute atomic E-state index is 0.126. The van der Waals surface area contributed by atoms with Crippen molar-refractivity contribution in [1.82, 2.24) is 0 Å². The lowest BCUT2D eigenvalue weighted by molar-refractivity contribution is -0.133. The number of hydrogen-bond donors (Lipinski definition) is 0. The third-order valence-electron chi connectivity index (χ3n) is 2.62. The van der Waals surface area contributed by atoms with Gasteiger partial charge in [0.25, 0.3) is 0 Å². The summed E-state index contributed by atoms with van der Waals surface area (Å²) in [6, 6.07) is 8.45. The summed E-state index contributed by atoms with van der Waals surface area (Å²) in [4.78, 5) is 0. The van der Waals surface area contributed by atoms with Crippen LogP contribution >= 0.6 is 0 Å². The van der Waals surface area contributed by atoms with Gasteiger partial charge in [0.05, 0.1) is 6.10 Å². The Balaban J connectivity index is 2.11. The Bertz CT molecular complexity index is 340. The van der Waals surface area contributed by atoms with Crippen LogP contribution in [0.3, 0.4) is 0 Å². The van der Waals surface area contributed by atoms with Gasteiger partial charge in [-0.05, 0) is 25.0 Å². The average molecular weight is 204 g/mol. The number of ether oxygens (including phenoxy) is 2. The molecule has 0 aromatic heterocycles. The molecule has 0 radical (unpaired) electrons. The fourth-order valence-electron chi connectivity index (χ4n) is 1.71. The van der Waals surface area contributed by atoms with Crippen LogP contribution in [0.1, 0.15) is 23.7 Å². The molecule has 80 valence electrons. The van der Waals surface area contributed by atoms with E-state index in [0.29, 0.717) is 0 Å². The normalized spacial score (nSPS) is 25.5. The smallest absolute Gasteiger partial charge is 0.177 e. The molecule has 15 heavy (non-hydrogen) atoms. The molecule has 1 heterocycles. The quantitative estimate of drug-likeness (QED) is 0.689. The van der Waals surface area contributed by atoms with Crippen LogP contribution in [0.5, 0.6) is 0 Å². The number of hydrogen-bond acceptors (Lipinski definition) is 2. The van der Waals surface area contributed by atoms with E-state index in [4.69, 9.17) is 9.47 Å². The topological polar surface area (TPSA) is 18.5 Å². The molecule has 1 aliphatic heterocycles. The summed E-state index contributed by atoms with van der Waals surface area (Å²) in [7, 11) is 1.66. The first-order valence-corrected chi connectivity index (χ1v) is 5.21. The fraction of sp³-hybridized carbons (Fsp3) is 0.385. The van der Waals surface area contributed by atoms with Gasteiger partial charge in [0.15, 0.2) is 6.29 Å². The molecule has 0 saturated heterocycles.